The zero-order valence-corrected chi connectivity index (χ0v) is 15.9. The second kappa shape index (κ2) is 8.89. The van der Waals surface area contributed by atoms with E-state index in [9.17, 15) is 19.7 Å². The van der Waals surface area contributed by atoms with Crippen molar-refractivity contribution in [2.75, 3.05) is 6.61 Å². The summed E-state index contributed by atoms with van der Waals surface area (Å²) in [5.74, 6) is -0.543. The summed E-state index contributed by atoms with van der Waals surface area (Å²) in [7, 11) is 0. The third-order valence-electron chi connectivity index (χ3n) is 3.62. The van der Waals surface area contributed by atoms with Gasteiger partial charge < -0.3 is 9.72 Å². The highest BCUT2D eigenvalue weighted by Crippen LogP contribution is 2.27. The van der Waals surface area contributed by atoms with Crippen LogP contribution in [0.15, 0.2) is 51.7 Å². The molecule has 0 atom stereocenters. The number of hydrazone groups is 1. The molecular formula is C18H15N5O5S. The monoisotopic (exact) mass is 413 g/mol. The normalized spacial score (nSPS) is 10.8. The minimum atomic E-state index is -0.689. The van der Waals surface area contributed by atoms with Crippen LogP contribution in [-0.4, -0.2) is 33.6 Å². The summed E-state index contributed by atoms with van der Waals surface area (Å²) in [6.07, 6.45) is 1.24. The molecule has 0 bridgehead atoms. The lowest BCUT2D eigenvalue weighted by Gasteiger charge is -2.04. The maximum absolute atomic E-state index is 12.3. The van der Waals surface area contributed by atoms with Crippen LogP contribution in [0.4, 0.5) is 5.69 Å². The first-order valence-electron chi connectivity index (χ1n) is 8.38. The lowest BCUT2D eigenvalue weighted by molar-refractivity contribution is -0.385. The Labute approximate surface area is 168 Å². The number of carbonyl (C=O) groups excluding carboxylic acids is 1. The number of nitrogens with zero attached hydrogens (tertiary/aromatic N) is 3. The Hall–Kier alpha value is -3.86. The first-order valence-corrected chi connectivity index (χ1v) is 9.25. The topological polar surface area (TPSA) is 140 Å². The minimum absolute atomic E-state index is 0.105. The molecule has 3 aromatic rings. The van der Waals surface area contributed by atoms with Crippen LogP contribution in [0.2, 0.25) is 0 Å². The molecule has 2 heterocycles. The number of hydrogen-bond acceptors (Lipinski definition) is 8. The van der Waals surface area contributed by atoms with Gasteiger partial charge in [0.2, 0.25) is 0 Å². The van der Waals surface area contributed by atoms with E-state index in [1.165, 1.54) is 35.8 Å². The number of benzene rings is 1. The number of aromatic nitrogens is 2. The van der Waals surface area contributed by atoms with E-state index in [1.807, 2.05) is 11.4 Å². The lowest BCUT2D eigenvalue weighted by atomic mass is 10.2. The van der Waals surface area contributed by atoms with Crippen molar-refractivity contribution in [2.45, 2.75) is 6.92 Å². The van der Waals surface area contributed by atoms with Gasteiger partial charge in [-0.1, -0.05) is 6.07 Å². The summed E-state index contributed by atoms with van der Waals surface area (Å²) in [5, 5.41) is 16.8. The van der Waals surface area contributed by atoms with E-state index in [4.69, 9.17) is 4.74 Å². The van der Waals surface area contributed by atoms with Crippen molar-refractivity contribution in [3.05, 3.63) is 73.6 Å². The molecule has 0 aliphatic rings. The van der Waals surface area contributed by atoms with Crippen molar-refractivity contribution in [1.82, 2.24) is 15.4 Å². The Morgan fingerprint density at radius 2 is 2.24 bits per heavy atom. The third kappa shape index (κ3) is 4.90. The molecule has 148 valence electrons. The molecule has 11 heteroatoms. The van der Waals surface area contributed by atoms with Gasteiger partial charge in [0, 0.05) is 11.6 Å². The van der Waals surface area contributed by atoms with Crippen LogP contribution in [0.5, 0.6) is 5.75 Å². The molecule has 0 unspecified atom stereocenters. The average molecular weight is 413 g/mol. The third-order valence-corrected chi connectivity index (χ3v) is 4.53. The molecule has 2 N–H and O–H groups in total. The van der Waals surface area contributed by atoms with Gasteiger partial charge in [0.05, 0.1) is 28.3 Å². The van der Waals surface area contributed by atoms with Crippen LogP contribution in [0, 0.1) is 10.1 Å². The Morgan fingerprint density at radius 3 is 2.93 bits per heavy atom. The molecular weight excluding hydrogens is 398 g/mol. The van der Waals surface area contributed by atoms with Gasteiger partial charge in [-0.05, 0) is 36.6 Å². The number of nitro benzene ring substituents is 1. The highest BCUT2D eigenvalue weighted by Gasteiger charge is 2.15. The molecule has 0 saturated heterocycles. The van der Waals surface area contributed by atoms with Gasteiger partial charge in [0.25, 0.3) is 5.91 Å². The highest BCUT2D eigenvalue weighted by molar-refractivity contribution is 7.13. The minimum Gasteiger partial charge on any atom is -0.487 e. The predicted molar refractivity (Wildman–Crippen MR) is 107 cm³/mol. The van der Waals surface area contributed by atoms with Crippen LogP contribution in [-0.2, 0) is 0 Å². The second-order valence-electron chi connectivity index (χ2n) is 5.58. The SMILES string of the molecule is CCOc1ccc(/C=N/NC(=O)c2cc(-c3cccs3)[nH]c(=O)n2)cc1[N+](=O)[O-]. The largest absolute Gasteiger partial charge is 0.487 e. The van der Waals surface area contributed by atoms with E-state index >= 15 is 0 Å². The molecule has 10 nitrogen and oxygen atoms in total. The summed E-state index contributed by atoms with van der Waals surface area (Å²) < 4.78 is 5.21. The zero-order chi connectivity index (χ0) is 20.8. The predicted octanol–water partition coefficient (Wildman–Crippen LogP) is 2.57. The molecule has 0 aliphatic heterocycles. The Balaban J connectivity index is 1.76. The fourth-order valence-electron chi connectivity index (χ4n) is 2.40. The smallest absolute Gasteiger partial charge is 0.346 e. The summed E-state index contributed by atoms with van der Waals surface area (Å²) in [6, 6.07) is 9.36. The van der Waals surface area contributed by atoms with Gasteiger partial charge in [0.15, 0.2) is 5.75 Å². The van der Waals surface area contributed by atoms with Gasteiger partial charge >= 0.3 is 11.4 Å². The van der Waals surface area contributed by atoms with E-state index in [-0.39, 0.29) is 17.1 Å². The summed E-state index contributed by atoms with van der Waals surface area (Å²) in [4.78, 5) is 41.6. The number of rotatable bonds is 7. The number of hydrogen-bond donors (Lipinski definition) is 2. The molecule has 1 amide bonds. The molecule has 3 rings (SSSR count). The number of nitrogens with one attached hydrogen (secondary N) is 2. The molecule has 0 spiro atoms. The maximum atomic E-state index is 12.3. The number of H-pyrrole nitrogens is 1. The van der Waals surface area contributed by atoms with Crippen molar-refractivity contribution in [3.8, 4) is 16.3 Å². The van der Waals surface area contributed by atoms with Gasteiger partial charge in [-0.25, -0.2) is 10.2 Å². The van der Waals surface area contributed by atoms with Gasteiger partial charge in [0.1, 0.15) is 5.69 Å². The number of ether oxygens (including phenoxy) is 1. The first-order chi connectivity index (χ1) is 14.0. The number of amides is 1. The van der Waals surface area contributed by atoms with Crippen LogP contribution in [0.3, 0.4) is 0 Å². The van der Waals surface area contributed by atoms with Crippen molar-refractivity contribution < 1.29 is 14.5 Å². The fraction of sp³-hybridized carbons (Fsp3) is 0.111. The fourth-order valence-corrected chi connectivity index (χ4v) is 3.09. The first kappa shape index (κ1) is 19.9. The second-order valence-corrected chi connectivity index (χ2v) is 6.53. The number of carbonyl (C=O) groups is 1. The van der Waals surface area contributed by atoms with E-state index in [0.29, 0.717) is 17.9 Å². The van der Waals surface area contributed by atoms with Crippen LogP contribution < -0.4 is 15.9 Å². The van der Waals surface area contributed by atoms with Crippen molar-refractivity contribution in [1.29, 1.82) is 0 Å². The van der Waals surface area contributed by atoms with Crippen LogP contribution >= 0.6 is 11.3 Å². The van der Waals surface area contributed by atoms with Crippen LogP contribution in [0.1, 0.15) is 23.0 Å². The molecule has 0 aliphatic carbocycles. The van der Waals surface area contributed by atoms with E-state index in [0.717, 1.165) is 4.88 Å². The average Bonchev–Trinajstić information content (AvgIpc) is 3.23. The molecule has 0 radical (unpaired) electrons. The van der Waals surface area contributed by atoms with Crippen molar-refractivity contribution >= 4 is 29.1 Å². The van der Waals surface area contributed by atoms with Gasteiger partial charge in [-0.15, -0.1) is 11.3 Å². The van der Waals surface area contributed by atoms with E-state index in [2.05, 4.69) is 20.5 Å². The molecule has 0 fully saturated rings. The number of nitro groups is 1. The highest BCUT2D eigenvalue weighted by atomic mass is 32.1. The Kier molecular flexibility index (Phi) is 6.09. The van der Waals surface area contributed by atoms with E-state index < -0.39 is 16.5 Å². The van der Waals surface area contributed by atoms with Gasteiger partial charge in [-0.3, -0.25) is 14.9 Å². The Morgan fingerprint density at radius 1 is 1.41 bits per heavy atom. The van der Waals surface area contributed by atoms with Crippen LogP contribution in [0.25, 0.3) is 10.6 Å². The van der Waals surface area contributed by atoms with E-state index in [1.54, 1.807) is 19.1 Å². The lowest BCUT2D eigenvalue weighted by Crippen LogP contribution is -2.24. The van der Waals surface area contributed by atoms with Crippen molar-refractivity contribution in [3.63, 3.8) is 0 Å². The maximum Gasteiger partial charge on any atom is 0.346 e. The summed E-state index contributed by atoms with van der Waals surface area (Å²) >= 11 is 1.40. The molecule has 1 aromatic carbocycles. The standard InChI is InChI=1S/C18H15N5O5S/c1-2-28-15-6-5-11(8-14(15)23(26)27)10-19-22-17(24)13-9-12(20-18(25)21-13)16-4-3-7-29-16/h3-10H,2H2,1H3,(H,22,24)(H,20,21,25)/b19-10+. The van der Waals surface area contributed by atoms with Crippen molar-refractivity contribution in [2.24, 2.45) is 5.10 Å². The Bertz CT molecular complexity index is 1120. The quantitative estimate of drug-likeness (QED) is 0.347. The number of aromatic amines is 1. The molecule has 0 saturated carbocycles. The molecule has 2 aromatic heterocycles. The number of thiophene rings is 1. The zero-order valence-electron chi connectivity index (χ0n) is 15.1. The summed E-state index contributed by atoms with van der Waals surface area (Å²) in [6.45, 7) is 2.02. The molecule has 29 heavy (non-hydrogen) atoms. The summed E-state index contributed by atoms with van der Waals surface area (Å²) in [5.41, 5.74) is 2.14. The van der Waals surface area contributed by atoms with Gasteiger partial charge in [-0.2, -0.15) is 10.1 Å².